The molecular formula is C18H24F3N3O. The Morgan fingerprint density at radius 2 is 1.68 bits per heavy atom. The lowest BCUT2D eigenvalue weighted by atomic mass is 9.84. The second kappa shape index (κ2) is 7.64. The van der Waals surface area contributed by atoms with Crippen molar-refractivity contribution < 1.29 is 18.0 Å². The molecule has 0 spiro atoms. The summed E-state index contributed by atoms with van der Waals surface area (Å²) in [6.45, 7) is 3.50. The maximum Gasteiger partial charge on any atom is 0.317 e. The molecule has 2 aliphatic heterocycles. The summed E-state index contributed by atoms with van der Waals surface area (Å²) in [4.78, 5) is 15.6. The number of carbonyl (C=O) groups excluding carboxylic acids is 1. The third kappa shape index (κ3) is 4.08. The van der Waals surface area contributed by atoms with Crippen LogP contribution in [0.3, 0.4) is 0 Å². The molecule has 1 N–H and O–H groups in total. The summed E-state index contributed by atoms with van der Waals surface area (Å²) < 4.78 is 40.2. The number of rotatable bonds is 3. The third-order valence-corrected chi connectivity index (χ3v) is 5.50. The topological polar surface area (TPSA) is 35.6 Å². The van der Waals surface area contributed by atoms with E-state index < -0.39 is 17.5 Å². The SMILES string of the molecule is CNC(=O)N1CCC(C2CCN(Cc3cc(F)c(F)cc3F)C2)CC1. The Morgan fingerprint density at radius 3 is 2.36 bits per heavy atom. The van der Waals surface area contributed by atoms with Gasteiger partial charge in [0.05, 0.1) is 0 Å². The van der Waals surface area contributed by atoms with Gasteiger partial charge < -0.3 is 10.2 Å². The number of nitrogens with zero attached hydrogens (tertiary/aromatic N) is 2. The summed E-state index contributed by atoms with van der Waals surface area (Å²) in [6, 6.07) is 1.55. The van der Waals surface area contributed by atoms with Gasteiger partial charge in [0, 0.05) is 44.9 Å². The van der Waals surface area contributed by atoms with E-state index in [0.29, 0.717) is 24.4 Å². The van der Waals surface area contributed by atoms with Gasteiger partial charge >= 0.3 is 6.03 Å². The summed E-state index contributed by atoms with van der Waals surface area (Å²) in [7, 11) is 1.64. The average Bonchev–Trinajstić information content (AvgIpc) is 3.07. The molecule has 2 fully saturated rings. The van der Waals surface area contributed by atoms with Crippen molar-refractivity contribution in [2.24, 2.45) is 11.8 Å². The van der Waals surface area contributed by atoms with Crippen molar-refractivity contribution in [3.05, 3.63) is 35.1 Å². The molecule has 2 amide bonds. The monoisotopic (exact) mass is 355 g/mol. The molecule has 1 unspecified atom stereocenters. The molecule has 0 aliphatic carbocycles. The Hall–Kier alpha value is -1.76. The van der Waals surface area contributed by atoms with Crippen molar-refractivity contribution in [2.45, 2.75) is 25.8 Å². The Labute approximate surface area is 146 Å². The number of piperidine rings is 1. The highest BCUT2D eigenvalue weighted by Crippen LogP contribution is 2.32. The van der Waals surface area contributed by atoms with Crippen LogP contribution in [0, 0.1) is 29.3 Å². The molecule has 7 heteroatoms. The van der Waals surface area contributed by atoms with Crippen LogP contribution in [0.4, 0.5) is 18.0 Å². The van der Waals surface area contributed by atoms with E-state index in [-0.39, 0.29) is 11.6 Å². The lowest BCUT2D eigenvalue weighted by molar-refractivity contribution is 0.150. The predicted octanol–water partition coefficient (Wildman–Crippen LogP) is 2.98. The van der Waals surface area contributed by atoms with Crippen molar-refractivity contribution in [1.82, 2.24) is 15.1 Å². The van der Waals surface area contributed by atoms with E-state index in [0.717, 1.165) is 51.5 Å². The standard InChI is InChI=1S/C18H24F3N3O/c1-22-18(25)24-6-3-12(4-7-24)13-2-5-23(10-13)11-14-8-16(20)17(21)9-15(14)19/h8-9,12-13H,2-7,10-11H2,1H3,(H,22,25). The van der Waals surface area contributed by atoms with Crippen molar-refractivity contribution in [3.8, 4) is 0 Å². The predicted molar refractivity (Wildman–Crippen MR) is 88.5 cm³/mol. The molecule has 25 heavy (non-hydrogen) atoms. The maximum absolute atomic E-state index is 13.8. The molecular weight excluding hydrogens is 331 g/mol. The van der Waals surface area contributed by atoms with Crippen LogP contribution in [-0.2, 0) is 6.54 Å². The maximum atomic E-state index is 13.8. The molecule has 2 heterocycles. The van der Waals surface area contributed by atoms with Crippen molar-refractivity contribution in [3.63, 3.8) is 0 Å². The highest BCUT2D eigenvalue weighted by atomic mass is 19.2. The Balaban J connectivity index is 1.53. The number of carbonyl (C=O) groups is 1. The van der Waals surface area contributed by atoms with Crippen LogP contribution in [-0.4, -0.2) is 49.1 Å². The molecule has 2 saturated heterocycles. The van der Waals surface area contributed by atoms with Gasteiger partial charge in [-0.05, 0) is 43.7 Å². The van der Waals surface area contributed by atoms with Gasteiger partial charge in [-0.25, -0.2) is 18.0 Å². The molecule has 0 saturated carbocycles. The second-order valence-corrected chi connectivity index (χ2v) is 7.02. The number of amides is 2. The van der Waals surface area contributed by atoms with Gasteiger partial charge in [0.2, 0.25) is 0 Å². The van der Waals surface area contributed by atoms with Crippen LogP contribution in [0.2, 0.25) is 0 Å². The Morgan fingerprint density at radius 1 is 1.04 bits per heavy atom. The number of benzene rings is 1. The van der Waals surface area contributed by atoms with Gasteiger partial charge in [-0.15, -0.1) is 0 Å². The third-order valence-electron chi connectivity index (χ3n) is 5.50. The average molecular weight is 355 g/mol. The number of halogens is 3. The van der Waals surface area contributed by atoms with Crippen LogP contribution in [0.1, 0.15) is 24.8 Å². The number of urea groups is 1. The summed E-state index contributed by atoms with van der Waals surface area (Å²) in [5.41, 5.74) is 0.203. The Bertz CT molecular complexity index is 632. The summed E-state index contributed by atoms with van der Waals surface area (Å²) >= 11 is 0. The fourth-order valence-corrected chi connectivity index (χ4v) is 4.05. The molecule has 1 atom stereocenters. The molecule has 1 aromatic carbocycles. The van der Waals surface area contributed by atoms with E-state index >= 15 is 0 Å². The van der Waals surface area contributed by atoms with Gasteiger partial charge in [-0.3, -0.25) is 4.90 Å². The largest absolute Gasteiger partial charge is 0.341 e. The normalized spacial score (nSPS) is 22.4. The first-order chi connectivity index (χ1) is 12.0. The van der Waals surface area contributed by atoms with Crippen LogP contribution in [0.15, 0.2) is 12.1 Å². The van der Waals surface area contributed by atoms with Crippen molar-refractivity contribution >= 4 is 6.03 Å². The molecule has 2 aliphatic rings. The van der Waals surface area contributed by atoms with E-state index in [1.54, 1.807) is 7.05 Å². The molecule has 3 rings (SSSR count). The quantitative estimate of drug-likeness (QED) is 0.846. The zero-order valence-electron chi connectivity index (χ0n) is 14.4. The molecule has 0 bridgehead atoms. The number of hydrogen-bond donors (Lipinski definition) is 1. The molecule has 0 radical (unpaired) electrons. The van der Waals surface area contributed by atoms with Gasteiger partial charge in [0.15, 0.2) is 11.6 Å². The Kier molecular flexibility index (Phi) is 5.51. The number of likely N-dealkylation sites (tertiary alicyclic amines) is 2. The minimum atomic E-state index is -1.15. The number of nitrogens with one attached hydrogen (secondary N) is 1. The first kappa shape index (κ1) is 18.0. The van der Waals surface area contributed by atoms with E-state index in [9.17, 15) is 18.0 Å². The minimum Gasteiger partial charge on any atom is -0.341 e. The lowest BCUT2D eigenvalue weighted by Gasteiger charge is -2.34. The summed E-state index contributed by atoms with van der Waals surface area (Å²) in [5.74, 6) is -1.78. The van der Waals surface area contributed by atoms with Gasteiger partial charge in [0.25, 0.3) is 0 Å². The highest BCUT2D eigenvalue weighted by molar-refractivity contribution is 5.73. The highest BCUT2D eigenvalue weighted by Gasteiger charge is 2.33. The van der Waals surface area contributed by atoms with Gasteiger partial charge in [-0.1, -0.05) is 0 Å². The zero-order chi connectivity index (χ0) is 18.0. The van der Waals surface area contributed by atoms with Crippen LogP contribution in [0.25, 0.3) is 0 Å². The fraction of sp³-hybridized carbons (Fsp3) is 0.611. The van der Waals surface area contributed by atoms with E-state index in [1.165, 1.54) is 0 Å². The lowest BCUT2D eigenvalue weighted by Crippen LogP contribution is -2.44. The fourth-order valence-electron chi connectivity index (χ4n) is 4.05. The molecule has 4 nitrogen and oxygen atoms in total. The van der Waals surface area contributed by atoms with E-state index in [4.69, 9.17) is 0 Å². The zero-order valence-corrected chi connectivity index (χ0v) is 14.4. The molecule has 138 valence electrons. The van der Waals surface area contributed by atoms with Gasteiger partial charge in [-0.2, -0.15) is 0 Å². The van der Waals surface area contributed by atoms with Crippen LogP contribution >= 0.6 is 0 Å². The first-order valence-electron chi connectivity index (χ1n) is 8.80. The summed E-state index contributed by atoms with van der Waals surface area (Å²) in [5, 5.41) is 2.65. The molecule has 1 aromatic rings. The smallest absolute Gasteiger partial charge is 0.317 e. The summed E-state index contributed by atoms with van der Waals surface area (Å²) in [6.07, 6.45) is 2.98. The van der Waals surface area contributed by atoms with Crippen LogP contribution in [0.5, 0.6) is 0 Å². The first-order valence-corrected chi connectivity index (χ1v) is 8.80. The van der Waals surface area contributed by atoms with Gasteiger partial charge in [0.1, 0.15) is 5.82 Å². The molecule has 0 aromatic heterocycles. The minimum absolute atomic E-state index is 0.0275. The van der Waals surface area contributed by atoms with Crippen molar-refractivity contribution in [1.29, 1.82) is 0 Å². The van der Waals surface area contributed by atoms with Crippen molar-refractivity contribution in [2.75, 3.05) is 33.2 Å². The van der Waals surface area contributed by atoms with E-state index in [1.807, 2.05) is 4.90 Å². The second-order valence-electron chi connectivity index (χ2n) is 7.02. The van der Waals surface area contributed by atoms with Crippen LogP contribution < -0.4 is 5.32 Å². The number of hydrogen-bond acceptors (Lipinski definition) is 2. The van der Waals surface area contributed by atoms with E-state index in [2.05, 4.69) is 10.2 Å².